The van der Waals surface area contributed by atoms with E-state index in [-0.39, 0.29) is 17.2 Å². The number of carbonyl (C=O) groups excluding carboxylic acids is 1. The third-order valence-corrected chi connectivity index (χ3v) is 4.80. The van der Waals surface area contributed by atoms with Gasteiger partial charge in [-0.05, 0) is 42.0 Å². The van der Waals surface area contributed by atoms with Gasteiger partial charge in [0.05, 0.1) is 11.3 Å². The second-order valence-electron chi connectivity index (χ2n) is 4.72. The third-order valence-electron chi connectivity index (χ3n) is 2.97. The van der Waals surface area contributed by atoms with Crippen LogP contribution >= 0.6 is 23.2 Å². The molecule has 4 nitrogen and oxygen atoms in total. The van der Waals surface area contributed by atoms with E-state index in [0.717, 1.165) is 6.26 Å². The number of sulfone groups is 1. The lowest BCUT2D eigenvalue weighted by atomic mass is 10.1. The van der Waals surface area contributed by atoms with Crippen LogP contribution in [0.1, 0.15) is 5.56 Å². The quantitative estimate of drug-likeness (QED) is 0.909. The third kappa shape index (κ3) is 4.22. The van der Waals surface area contributed by atoms with Gasteiger partial charge in [0.2, 0.25) is 5.91 Å². The summed E-state index contributed by atoms with van der Waals surface area (Å²) in [6.07, 6.45) is 1.16. The van der Waals surface area contributed by atoms with Crippen LogP contribution in [0.5, 0.6) is 0 Å². The highest BCUT2D eigenvalue weighted by Gasteiger charge is 2.12. The molecule has 1 N–H and O–H groups in total. The molecule has 2 aromatic carbocycles. The lowest BCUT2D eigenvalue weighted by molar-refractivity contribution is -0.115. The summed E-state index contributed by atoms with van der Waals surface area (Å²) in [6, 6.07) is 11.0. The maximum atomic E-state index is 12.0. The Morgan fingerprint density at radius 1 is 1.05 bits per heavy atom. The van der Waals surface area contributed by atoms with Crippen LogP contribution in [0.25, 0.3) is 0 Å². The Morgan fingerprint density at radius 3 is 2.09 bits per heavy atom. The van der Waals surface area contributed by atoms with Gasteiger partial charge in [-0.1, -0.05) is 29.3 Å². The fourth-order valence-corrected chi connectivity index (χ4v) is 3.01. The minimum Gasteiger partial charge on any atom is -0.326 e. The first-order chi connectivity index (χ1) is 10.3. The van der Waals surface area contributed by atoms with E-state index in [4.69, 9.17) is 23.2 Å². The van der Waals surface area contributed by atoms with Crippen molar-refractivity contribution in [1.82, 2.24) is 0 Å². The largest absolute Gasteiger partial charge is 0.326 e. The normalized spacial score (nSPS) is 11.2. The Hall–Kier alpha value is -1.56. The molecule has 0 aliphatic heterocycles. The number of nitrogens with one attached hydrogen (secondary N) is 1. The van der Waals surface area contributed by atoms with Gasteiger partial charge in [-0.15, -0.1) is 0 Å². The van der Waals surface area contributed by atoms with Crippen LogP contribution in [-0.2, 0) is 21.1 Å². The molecule has 0 unspecified atom stereocenters. The highest BCUT2D eigenvalue weighted by molar-refractivity contribution is 7.90. The second-order valence-corrected chi connectivity index (χ2v) is 7.55. The first-order valence-electron chi connectivity index (χ1n) is 6.30. The van der Waals surface area contributed by atoms with Gasteiger partial charge in [0.15, 0.2) is 9.84 Å². The summed E-state index contributed by atoms with van der Waals surface area (Å²) < 4.78 is 22.7. The summed E-state index contributed by atoms with van der Waals surface area (Å²) in [4.78, 5) is 12.2. The SMILES string of the molecule is CS(=O)(=O)c1ccc(NC(=O)Cc2c(Cl)cccc2Cl)cc1. The second kappa shape index (κ2) is 6.69. The monoisotopic (exact) mass is 357 g/mol. The van der Waals surface area contributed by atoms with Crippen LogP contribution in [0, 0.1) is 0 Å². The molecule has 0 bridgehead atoms. The Labute approximate surface area is 139 Å². The van der Waals surface area contributed by atoms with Crippen LogP contribution in [0.4, 0.5) is 5.69 Å². The molecular formula is C15H13Cl2NO3S. The lowest BCUT2D eigenvalue weighted by Gasteiger charge is -2.08. The molecule has 1 amide bonds. The summed E-state index contributed by atoms with van der Waals surface area (Å²) in [5, 5.41) is 3.52. The Balaban J connectivity index is 2.10. The molecule has 0 radical (unpaired) electrons. The Kier molecular flexibility index (Phi) is 5.11. The van der Waals surface area contributed by atoms with Crippen LogP contribution in [0.15, 0.2) is 47.4 Å². The van der Waals surface area contributed by atoms with E-state index in [9.17, 15) is 13.2 Å². The zero-order valence-corrected chi connectivity index (χ0v) is 14.0. The predicted octanol–water partition coefficient (Wildman–Crippen LogP) is 3.58. The van der Waals surface area contributed by atoms with Crippen molar-refractivity contribution in [2.45, 2.75) is 11.3 Å². The summed E-state index contributed by atoms with van der Waals surface area (Å²) in [7, 11) is -3.26. The number of amides is 1. The van der Waals surface area contributed by atoms with Crippen LogP contribution in [0.3, 0.4) is 0 Å². The van der Waals surface area contributed by atoms with E-state index in [1.807, 2.05) is 0 Å². The van der Waals surface area contributed by atoms with E-state index in [1.54, 1.807) is 18.2 Å². The number of hydrogen-bond acceptors (Lipinski definition) is 3. The van der Waals surface area contributed by atoms with Gasteiger partial charge >= 0.3 is 0 Å². The molecule has 22 heavy (non-hydrogen) atoms. The molecule has 0 aromatic heterocycles. The molecule has 0 saturated heterocycles. The van der Waals surface area contributed by atoms with Gasteiger partial charge in [-0.2, -0.15) is 0 Å². The molecule has 0 saturated carbocycles. The minimum absolute atomic E-state index is 0.0341. The molecule has 0 spiro atoms. The summed E-state index contributed by atoms with van der Waals surface area (Å²) in [6.45, 7) is 0. The smallest absolute Gasteiger partial charge is 0.228 e. The summed E-state index contributed by atoms with van der Waals surface area (Å²) >= 11 is 12.0. The van der Waals surface area contributed by atoms with Crippen molar-refractivity contribution in [2.24, 2.45) is 0 Å². The maximum Gasteiger partial charge on any atom is 0.228 e. The molecule has 2 rings (SSSR count). The van der Waals surface area contributed by atoms with Crippen molar-refractivity contribution in [3.05, 3.63) is 58.1 Å². The molecule has 0 aliphatic carbocycles. The average molecular weight is 358 g/mol. The van der Waals surface area contributed by atoms with Crippen molar-refractivity contribution < 1.29 is 13.2 Å². The standard InChI is InChI=1S/C15H13Cl2NO3S/c1-22(20,21)11-7-5-10(6-8-11)18-15(19)9-12-13(16)3-2-4-14(12)17/h2-8H,9H2,1H3,(H,18,19). The van der Waals surface area contributed by atoms with Gasteiger partial charge in [-0.3, -0.25) is 4.79 Å². The predicted molar refractivity (Wildman–Crippen MR) is 88.3 cm³/mol. The molecule has 0 atom stereocenters. The number of rotatable bonds is 4. The van der Waals surface area contributed by atoms with Crippen molar-refractivity contribution in [3.63, 3.8) is 0 Å². The molecular weight excluding hydrogens is 345 g/mol. The summed E-state index contributed by atoms with van der Waals surface area (Å²) in [5.41, 5.74) is 1.05. The fraction of sp³-hybridized carbons (Fsp3) is 0.133. The van der Waals surface area contributed by atoms with E-state index in [1.165, 1.54) is 24.3 Å². The number of benzene rings is 2. The fourth-order valence-electron chi connectivity index (χ4n) is 1.85. The molecule has 0 fully saturated rings. The van der Waals surface area contributed by atoms with Crippen molar-refractivity contribution >= 4 is 44.6 Å². The van der Waals surface area contributed by atoms with Gasteiger partial charge in [0.1, 0.15) is 0 Å². The molecule has 0 heterocycles. The van der Waals surface area contributed by atoms with Crippen LogP contribution in [-0.4, -0.2) is 20.6 Å². The van der Waals surface area contributed by atoms with Gasteiger partial charge < -0.3 is 5.32 Å². The van der Waals surface area contributed by atoms with Gasteiger partial charge in [0, 0.05) is 22.0 Å². The van der Waals surface area contributed by atoms with Crippen molar-refractivity contribution in [2.75, 3.05) is 11.6 Å². The zero-order chi connectivity index (χ0) is 16.3. The van der Waals surface area contributed by atoms with E-state index in [0.29, 0.717) is 21.3 Å². The first-order valence-corrected chi connectivity index (χ1v) is 8.95. The van der Waals surface area contributed by atoms with Gasteiger partial charge in [-0.25, -0.2) is 8.42 Å². The van der Waals surface area contributed by atoms with Crippen LogP contribution in [0.2, 0.25) is 10.0 Å². The Morgan fingerprint density at radius 2 is 1.59 bits per heavy atom. The van der Waals surface area contributed by atoms with E-state index < -0.39 is 9.84 Å². The zero-order valence-electron chi connectivity index (χ0n) is 11.6. The number of anilines is 1. The highest BCUT2D eigenvalue weighted by Crippen LogP contribution is 2.25. The topological polar surface area (TPSA) is 63.2 Å². The molecule has 7 heteroatoms. The highest BCUT2D eigenvalue weighted by atomic mass is 35.5. The molecule has 116 valence electrons. The average Bonchev–Trinajstić information content (AvgIpc) is 2.43. The first kappa shape index (κ1) is 16.8. The minimum atomic E-state index is -3.26. The van der Waals surface area contributed by atoms with Crippen molar-refractivity contribution in [1.29, 1.82) is 0 Å². The van der Waals surface area contributed by atoms with E-state index >= 15 is 0 Å². The van der Waals surface area contributed by atoms with Crippen LogP contribution < -0.4 is 5.32 Å². The van der Waals surface area contributed by atoms with E-state index in [2.05, 4.69) is 5.32 Å². The molecule has 0 aliphatic rings. The number of halogens is 2. The lowest BCUT2D eigenvalue weighted by Crippen LogP contribution is -2.15. The summed E-state index contributed by atoms with van der Waals surface area (Å²) in [5.74, 6) is -0.290. The maximum absolute atomic E-state index is 12.0. The number of carbonyl (C=O) groups is 1. The number of hydrogen-bond donors (Lipinski definition) is 1. The van der Waals surface area contributed by atoms with Gasteiger partial charge in [0.25, 0.3) is 0 Å². The Bertz CT molecular complexity index is 782. The van der Waals surface area contributed by atoms with Crippen molar-refractivity contribution in [3.8, 4) is 0 Å². The molecule has 2 aromatic rings.